The van der Waals surface area contributed by atoms with Gasteiger partial charge in [0, 0.05) is 29.9 Å². The Morgan fingerprint density at radius 1 is 1.29 bits per heavy atom. The highest BCUT2D eigenvalue weighted by atomic mass is 16.3. The van der Waals surface area contributed by atoms with E-state index in [4.69, 9.17) is 5.11 Å². The Labute approximate surface area is 102 Å². The second kappa shape index (κ2) is 5.15. The fraction of sp³-hybridized carbons (Fsp3) is 0.357. The molecule has 0 unspecified atom stereocenters. The number of para-hydroxylation sites is 1. The van der Waals surface area contributed by atoms with E-state index in [0.29, 0.717) is 6.54 Å². The molecular weight excluding hydrogens is 212 g/mol. The van der Waals surface area contributed by atoms with Crippen LogP contribution >= 0.6 is 0 Å². The Balaban J connectivity index is 2.58. The fourth-order valence-corrected chi connectivity index (χ4v) is 2.12. The molecule has 90 valence electrons. The maximum absolute atomic E-state index is 9.11. The molecule has 0 saturated carbocycles. The van der Waals surface area contributed by atoms with Gasteiger partial charge in [-0.3, -0.25) is 4.98 Å². The molecule has 0 fully saturated rings. The van der Waals surface area contributed by atoms with Crippen LogP contribution in [0.2, 0.25) is 0 Å². The third-order valence-corrected chi connectivity index (χ3v) is 2.91. The van der Waals surface area contributed by atoms with Crippen LogP contribution in [-0.2, 0) is 0 Å². The van der Waals surface area contributed by atoms with E-state index in [1.165, 1.54) is 0 Å². The molecule has 1 N–H and O–H groups in total. The van der Waals surface area contributed by atoms with E-state index >= 15 is 0 Å². The number of rotatable bonds is 4. The molecule has 0 aliphatic carbocycles. The first kappa shape index (κ1) is 11.9. The number of benzene rings is 1. The number of hydrogen-bond donors (Lipinski definition) is 1. The molecule has 0 atom stereocenters. The number of likely N-dealkylation sites (N-methyl/N-ethyl adjacent to an activating group) is 1. The minimum atomic E-state index is 0.170. The van der Waals surface area contributed by atoms with Gasteiger partial charge < -0.3 is 10.0 Å². The zero-order valence-electron chi connectivity index (χ0n) is 10.3. The highest BCUT2D eigenvalue weighted by molar-refractivity contribution is 5.91. The molecule has 0 aliphatic rings. The summed E-state index contributed by atoms with van der Waals surface area (Å²) in [6.07, 6.45) is 0. The zero-order chi connectivity index (χ0) is 12.3. The Kier molecular flexibility index (Phi) is 3.59. The van der Waals surface area contributed by atoms with E-state index in [1.807, 2.05) is 25.1 Å². The number of anilines is 1. The van der Waals surface area contributed by atoms with Gasteiger partial charge in [-0.15, -0.1) is 0 Å². The van der Waals surface area contributed by atoms with Gasteiger partial charge in [0.25, 0.3) is 0 Å². The fourth-order valence-electron chi connectivity index (χ4n) is 2.12. The summed E-state index contributed by atoms with van der Waals surface area (Å²) in [5.74, 6) is 0. The predicted octanol–water partition coefficient (Wildman–Crippen LogP) is 2.36. The van der Waals surface area contributed by atoms with Gasteiger partial charge in [0.05, 0.1) is 12.1 Å². The lowest BCUT2D eigenvalue weighted by Crippen LogP contribution is -2.26. The summed E-state index contributed by atoms with van der Waals surface area (Å²) < 4.78 is 0. The standard InChI is InChI=1S/C14H18N2O/c1-3-16(8-9-17)14-10-11(2)15-13-7-5-4-6-12(13)14/h4-7,10,17H,3,8-9H2,1-2H3. The van der Waals surface area contributed by atoms with E-state index in [-0.39, 0.29) is 6.61 Å². The second-order valence-corrected chi connectivity index (χ2v) is 4.10. The number of fused-ring (bicyclic) bond motifs is 1. The second-order valence-electron chi connectivity index (χ2n) is 4.10. The Morgan fingerprint density at radius 3 is 2.76 bits per heavy atom. The van der Waals surface area contributed by atoms with Crippen molar-refractivity contribution in [3.05, 3.63) is 36.0 Å². The van der Waals surface area contributed by atoms with Crippen LogP contribution in [0.15, 0.2) is 30.3 Å². The van der Waals surface area contributed by atoms with Crippen LogP contribution in [0.4, 0.5) is 5.69 Å². The van der Waals surface area contributed by atoms with E-state index in [0.717, 1.165) is 28.8 Å². The molecule has 1 aromatic carbocycles. The van der Waals surface area contributed by atoms with Crippen LogP contribution in [-0.4, -0.2) is 29.8 Å². The summed E-state index contributed by atoms with van der Waals surface area (Å²) in [4.78, 5) is 6.70. The molecule has 0 spiro atoms. The summed E-state index contributed by atoms with van der Waals surface area (Å²) in [7, 11) is 0. The van der Waals surface area contributed by atoms with Crippen molar-refractivity contribution in [2.24, 2.45) is 0 Å². The molecule has 0 saturated heterocycles. The molecule has 1 heterocycles. The maximum Gasteiger partial charge on any atom is 0.0726 e. The van der Waals surface area contributed by atoms with Gasteiger partial charge in [0.15, 0.2) is 0 Å². The van der Waals surface area contributed by atoms with E-state index in [2.05, 4.69) is 28.9 Å². The number of hydrogen-bond acceptors (Lipinski definition) is 3. The molecule has 3 nitrogen and oxygen atoms in total. The average Bonchev–Trinajstić information content (AvgIpc) is 2.35. The molecule has 17 heavy (non-hydrogen) atoms. The van der Waals surface area contributed by atoms with E-state index in [1.54, 1.807) is 0 Å². The van der Waals surface area contributed by atoms with Crippen LogP contribution in [0, 0.1) is 6.92 Å². The maximum atomic E-state index is 9.11. The third-order valence-electron chi connectivity index (χ3n) is 2.91. The minimum absolute atomic E-state index is 0.170. The summed E-state index contributed by atoms with van der Waals surface area (Å²) in [6.45, 7) is 5.81. The highest BCUT2D eigenvalue weighted by Crippen LogP contribution is 2.26. The van der Waals surface area contributed by atoms with Crippen molar-refractivity contribution in [2.75, 3.05) is 24.6 Å². The van der Waals surface area contributed by atoms with Crippen LogP contribution in [0.3, 0.4) is 0 Å². The summed E-state index contributed by atoms with van der Waals surface area (Å²) in [5.41, 5.74) is 3.18. The van der Waals surface area contributed by atoms with Crippen molar-refractivity contribution in [1.82, 2.24) is 4.98 Å². The quantitative estimate of drug-likeness (QED) is 0.876. The number of pyridine rings is 1. The first-order valence-corrected chi connectivity index (χ1v) is 5.98. The summed E-state index contributed by atoms with van der Waals surface area (Å²) in [5, 5.41) is 10.3. The minimum Gasteiger partial charge on any atom is -0.395 e. The Hall–Kier alpha value is -1.61. The third kappa shape index (κ3) is 2.39. The van der Waals surface area contributed by atoms with Gasteiger partial charge in [-0.2, -0.15) is 0 Å². The highest BCUT2D eigenvalue weighted by Gasteiger charge is 2.09. The lowest BCUT2D eigenvalue weighted by Gasteiger charge is -2.24. The van der Waals surface area contributed by atoms with Gasteiger partial charge >= 0.3 is 0 Å². The van der Waals surface area contributed by atoms with Crippen molar-refractivity contribution in [2.45, 2.75) is 13.8 Å². The number of aliphatic hydroxyl groups is 1. The van der Waals surface area contributed by atoms with E-state index < -0.39 is 0 Å². The van der Waals surface area contributed by atoms with Crippen molar-refractivity contribution < 1.29 is 5.11 Å². The van der Waals surface area contributed by atoms with Crippen LogP contribution in [0.1, 0.15) is 12.6 Å². The Bertz CT molecular complexity index is 511. The van der Waals surface area contributed by atoms with Gasteiger partial charge in [-0.05, 0) is 26.0 Å². The van der Waals surface area contributed by atoms with E-state index in [9.17, 15) is 0 Å². The van der Waals surface area contributed by atoms with Crippen molar-refractivity contribution in [1.29, 1.82) is 0 Å². The molecule has 3 heteroatoms. The van der Waals surface area contributed by atoms with Gasteiger partial charge in [-0.25, -0.2) is 0 Å². The molecule has 2 rings (SSSR count). The largest absolute Gasteiger partial charge is 0.395 e. The molecular formula is C14H18N2O. The van der Waals surface area contributed by atoms with Gasteiger partial charge in [0.1, 0.15) is 0 Å². The molecule has 0 bridgehead atoms. The average molecular weight is 230 g/mol. The first-order valence-electron chi connectivity index (χ1n) is 5.98. The monoisotopic (exact) mass is 230 g/mol. The van der Waals surface area contributed by atoms with Crippen molar-refractivity contribution in [3.63, 3.8) is 0 Å². The topological polar surface area (TPSA) is 36.4 Å². The molecule has 0 aliphatic heterocycles. The first-order chi connectivity index (χ1) is 8.26. The van der Waals surface area contributed by atoms with Gasteiger partial charge in [0.2, 0.25) is 0 Å². The van der Waals surface area contributed by atoms with Crippen molar-refractivity contribution in [3.8, 4) is 0 Å². The molecule has 0 radical (unpaired) electrons. The van der Waals surface area contributed by atoms with Crippen LogP contribution < -0.4 is 4.90 Å². The number of aromatic nitrogens is 1. The smallest absolute Gasteiger partial charge is 0.0726 e. The lowest BCUT2D eigenvalue weighted by atomic mass is 10.1. The van der Waals surface area contributed by atoms with Crippen LogP contribution in [0.25, 0.3) is 10.9 Å². The summed E-state index contributed by atoms with van der Waals surface area (Å²) in [6, 6.07) is 10.2. The molecule has 0 amide bonds. The van der Waals surface area contributed by atoms with Gasteiger partial charge in [-0.1, -0.05) is 18.2 Å². The van der Waals surface area contributed by atoms with Crippen molar-refractivity contribution >= 4 is 16.6 Å². The SMILES string of the molecule is CCN(CCO)c1cc(C)nc2ccccc12. The molecule has 1 aromatic heterocycles. The predicted molar refractivity (Wildman–Crippen MR) is 71.5 cm³/mol. The number of nitrogens with zero attached hydrogens (tertiary/aromatic N) is 2. The normalized spacial score (nSPS) is 10.8. The molecule has 2 aromatic rings. The number of aliphatic hydroxyl groups excluding tert-OH is 1. The lowest BCUT2D eigenvalue weighted by molar-refractivity contribution is 0.302. The zero-order valence-corrected chi connectivity index (χ0v) is 10.3. The Morgan fingerprint density at radius 2 is 2.06 bits per heavy atom. The summed E-state index contributed by atoms with van der Waals surface area (Å²) >= 11 is 0. The van der Waals surface area contributed by atoms with Crippen LogP contribution in [0.5, 0.6) is 0 Å². The number of aryl methyl sites for hydroxylation is 1.